The van der Waals surface area contributed by atoms with Gasteiger partial charge >= 0.3 is 11.9 Å². The third kappa shape index (κ3) is 5.07. The Hall–Kier alpha value is -1.92. The Labute approximate surface area is 110 Å². The van der Waals surface area contributed by atoms with E-state index in [1.54, 1.807) is 0 Å². The van der Waals surface area contributed by atoms with E-state index in [4.69, 9.17) is 4.74 Å². The number of rotatable bonds is 7. The Kier molecular flexibility index (Phi) is 5.98. The van der Waals surface area contributed by atoms with Crippen LogP contribution in [0.15, 0.2) is 0 Å². The van der Waals surface area contributed by atoms with Crippen molar-refractivity contribution in [1.82, 2.24) is 5.06 Å². The van der Waals surface area contributed by atoms with Crippen LogP contribution in [0.1, 0.15) is 45.4 Å². The zero-order valence-electron chi connectivity index (χ0n) is 10.8. The van der Waals surface area contributed by atoms with Crippen LogP contribution in [0.3, 0.4) is 0 Å². The number of imide groups is 1. The molecule has 0 N–H and O–H groups in total. The summed E-state index contributed by atoms with van der Waals surface area (Å²) in [5, 5.41) is 0.498. The molecule has 106 valence electrons. The van der Waals surface area contributed by atoms with Gasteiger partial charge in [0.25, 0.3) is 11.8 Å². The molecular weight excluding hydrogens is 254 g/mol. The van der Waals surface area contributed by atoms with Crippen molar-refractivity contribution >= 4 is 23.8 Å². The molecule has 7 heteroatoms. The first-order valence-electron chi connectivity index (χ1n) is 6.26. The van der Waals surface area contributed by atoms with Crippen molar-refractivity contribution in [2.24, 2.45) is 0 Å². The Balaban J connectivity index is 2.19. The highest BCUT2D eigenvalue weighted by atomic mass is 16.7. The van der Waals surface area contributed by atoms with Crippen LogP contribution in [-0.2, 0) is 28.8 Å². The molecule has 1 fully saturated rings. The van der Waals surface area contributed by atoms with Crippen molar-refractivity contribution in [3.05, 3.63) is 0 Å². The maximum atomic E-state index is 11.4. The molecule has 0 atom stereocenters. The number of carbonyl (C=O) groups is 4. The lowest BCUT2D eigenvalue weighted by Gasteiger charge is -2.12. The lowest BCUT2D eigenvalue weighted by Crippen LogP contribution is -2.32. The number of nitrogens with zero attached hydrogens (tertiary/aromatic N) is 1. The average molecular weight is 271 g/mol. The summed E-state index contributed by atoms with van der Waals surface area (Å²) in [4.78, 5) is 49.5. The van der Waals surface area contributed by atoms with Crippen LogP contribution in [0.5, 0.6) is 0 Å². The van der Waals surface area contributed by atoms with Crippen LogP contribution in [0.25, 0.3) is 0 Å². The van der Waals surface area contributed by atoms with Gasteiger partial charge < -0.3 is 9.57 Å². The molecule has 19 heavy (non-hydrogen) atoms. The molecule has 1 aliphatic heterocycles. The summed E-state index contributed by atoms with van der Waals surface area (Å²) in [7, 11) is 0. The summed E-state index contributed by atoms with van der Waals surface area (Å²) in [5.74, 6) is -2.10. The highest BCUT2D eigenvalue weighted by molar-refractivity contribution is 6.01. The standard InChI is InChI=1S/C12H17NO6/c1-2-8-18-11(16)4-3-5-12(17)19-13-9(14)6-7-10(13)15/h2-8H2,1H3. The molecule has 0 radical (unpaired) electrons. The van der Waals surface area contributed by atoms with E-state index < -0.39 is 17.8 Å². The molecule has 1 saturated heterocycles. The van der Waals surface area contributed by atoms with Gasteiger partial charge in [-0.3, -0.25) is 14.4 Å². The Morgan fingerprint density at radius 1 is 1.11 bits per heavy atom. The predicted molar refractivity (Wildman–Crippen MR) is 62.3 cm³/mol. The van der Waals surface area contributed by atoms with Crippen LogP contribution in [0, 0.1) is 0 Å². The van der Waals surface area contributed by atoms with E-state index in [0.29, 0.717) is 11.7 Å². The average Bonchev–Trinajstić information content (AvgIpc) is 2.68. The normalized spacial score (nSPS) is 14.7. The summed E-state index contributed by atoms with van der Waals surface area (Å²) in [6.07, 6.45) is 1.20. The van der Waals surface area contributed by atoms with Crippen molar-refractivity contribution < 1.29 is 28.8 Å². The van der Waals surface area contributed by atoms with Gasteiger partial charge in [0.15, 0.2) is 0 Å². The van der Waals surface area contributed by atoms with Crippen LogP contribution >= 0.6 is 0 Å². The fourth-order valence-corrected chi connectivity index (χ4v) is 1.47. The summed E-state index contributed by atoms with van der Waals surface area (Å²) >= 11 is 0. The minimum absolute atomic E-state index is 0.0434. The highest BCUT2D eigenvalue weighted by Gasteiger charge is 2.32. The summed E-state index contributed by atoms with van der Waals surface area (Å²) < 4.78 is 4.83. The molecule has 1 rings (SSSR count). The van der Waals surface area contributed by atoms with Crippen molar-refractivity contribution in [3.63, 3.8) is 0 Å². The molecule has 0 aromatic carbocycles. The second-order valence-corrected chi connectivity index (χ2v) is 4.12. The molecule has 0 bridgehead atoms. The zero-order chi connectivity index (χ0) is 14.3. The number of hydrogen-bond acceptors (Lipinski definition) is 6. The Morgan fingerprint density at radius 2 is 1.68 bits per heavy atom. The first-order valence-corrected chi connectivity index (χ1v) is 6.26. The summed E-state index contributed by atoms with van der Waals surface area (Å²) in [6.45, 7) is 2.24. The zero-order valence-corrected chi connectivity index (χ0v) is 10.8. The van der Waals surface area contributed by atoms with E-state index >= 15 is 0 Å². The van der Waals surface area contributed by atoms with Crippen LogP contribution in [0.4, 0.5) is 0 Å². The number of hydrogen-bond donors (Lipinski definition) is 0. The molecule has 0 spiro atoms. The quantitative estimate of drug-likeness (QED) is 0.500. The van der Waals surface area contributed by atoms with Crippen molar-refractivity contribution in [2.75, 3.05) is 6.61 Å². The van der Waals surface area contributed by atoms with Crippen molar-refractivity contribution in [1.29, 1.82) is 0 Å². The van der Waals surface area contributed by atoms with Gasteiger partial charge in [-0.05, 0) is 12.8 Å². The lowest BCUT2D eigenvalue weighted by molar-refractivity contribution is -0.197. The molecule has 0 aromatic heterocycles. The fraction of sp³-hybridized carbons (Fsp3) is 0.667. The highest BCUT2D eigenvalue weighted by Crippen LogP contribution is 2.13. The SMILES string of the molecule is CCCOC(=O)CCCC(=O)ON1C(=O)CCC1=O. The first-order chi connectivity index (χ1) is 9.04. The maximum Gasteiger partial charge on any atom is 0.333 e. The van der Waals surface area contributed by atoms with Gasteiger partial charge in [-0.2, -0.15) is 0 Å². The molecule has 1 aliphatic rings. The van der Waals surface area contributed by atoms with Gasteiger partial charge in [0, 0.05) is 25.7 Å². The van der Waals surface area contributed by atoms with Crippen LogP contribution < -0.4 is 0 Å². The van der Waals surface area contributed by atoms with Gasteiger partial charge in [0.05, 0.1) is 6.61 Å². The molecule has 0 unspecified atom stereocenters. The summed E-state index contributed by atoms with van der Waals surface area (Å²) in [6, 6.07) is 0. The number of ether oxygens (including phenoxy) is 1. The Bertz CT molecular complexity index is 362. The second-order valence-electron chi connectivity index (χ2n) is 4.12. The van der Waals surface area contributed by atoms with Gasteiger partial charge in [0.2, 0.25) is 0 Å². The molecule has 7 nitrogen and oxygen atoms in total. The van der Waals surface area contributed by atoms with Gasteiger partial charge in [-0.1, -0.05) is 6.92 Å². The molecular formula is C12H17NO6. The van der Waals surface area contributed by atoms with E-state index in [1.807, 2.05) is 6.92 Å². The largest absolute Gasteiger partial charge is 0.466 e. The Morgan fingerprint density at radius 3 is 2.26 bits per heavy atom. The third-order valence-electron chi connectivity index (χ3n) is 2.43. The van der Waals surface area contributed by atoms with Gasteiger partial charge in [-0.15, -0.1) is 5.06 Å². The number of esters is 1. The van der Waals surface area contributed by atoms with E-state index in [2.05, 4.69) is 4.84 Å². The van der Waals surface area contributed by atoms with Crippen molar-refractivity contribution in [3.8, 4) is 0 Å². The van der Waals surface area contributed by atoms with Crippen molar-refractivity contribution in [2.45, 2.75) is 45.4 Å². The first kappa shape index (κ1) is 15.1. The molecule has 1 heterocycles. The number of carbonyl (C=O) groups excluding carboxylic acids is 4. The number of hydroxylamine groups is 2. The minimum Gasteiger partial charge on any atom is -0.466 e. The van der Waals surface area contributed by atoms with E-state index in [0.717, 1.165) is 6.42 Å². The summed E-state index contributed by atoms with van der Waals surface area (Å²) in [5.41, 5.74) is 0. The van der Waals surface area contributed by atoms with Crippen LogP contribution in [-0.4, -0.2) is 35.4 Å². The topological polar surface area (TPSA) is 90.0 Å². The minimum atomic E-state index is -0.702. The number of amides is 2. The maximum absolute atomic E-state index is 11.4. The van der Waals surface area contributed by atoms with E-state index in [9.17, 15) is 19.2 Å². The molecule has 0 aromatic rings. The second kappa shape index (κ2) is 7.50. The fourth-order valence-electron chi connectivity index (χ4n) is 1.47. The van der Waals surface area contributed by atoms with E-state index in [1.165, 1.54) is 0 Å². The van der Waals surface area contributed by atoms with Gasteiger partial charge in [0.1, 0.15) is 0 Å². The predicted octanol–water partition coefficient (Wildman–Crippen LogP) is 0.717. The smallest absolute Gasteiger partial charge is 0.333 e. The van der Waals surface area contributed by atoms with Gasteiger partial charge in [-0.25, -0.2) is 4.79 Å². The molecule has 0 saturated carbocycles. The third-order valence-corrected chi connectivity index (χ3v) is 2.43. The molecule has 2 amide bonds. The van der Waals surface area contributed by atoms with Crippen LogP contribution in [0.2, 0.25) is 0 Å². The van der Waals surface area contributed by atoms with E-state index in [-0.39, 0.29) is 38.1 Å². The lowest BCUT2D eigenvalue weighted by atomic mass is 10.2. The monoisotopic (exact) mass is 271 g/mol. The molecule has 0 aliphatic carbocycles.